The molecule has 0 bridgehead atoms. The molecule has 0 amide bonds. The summed E-state index contributed by atoms with van der Waals surface area (Å²) in [5.41, 5.74) is 1.36. The minimum atomic E-state index is 0.495. The molecular weight excluding hydrogens is 226 g/mol. The van der Waals surface area contributed by atoms with Crippen LogP contribution in [0.3, 0.4) is 0 Å². The van der Waals surface area contributed by atoms with Crippen molar-refractivity contribution >= 4 is 5.96 Å². The van der Waals surface area contributed by atoms with Gasteiger partial charge in [-0.05, 0) is 31.0 Å². The maximum Gasteiger partial charge on any atom is 0.190 e. The zero-order valence-corrected chi connectivity index (χ0v) is 11.2. The molecule has 98 valence electrons. The molecule has 0 radical (unpaired) electrons. The van der Waals surface area contributed by atoms with E-state index in [1.807, 2.05) is 26.1 Å². The van der Waals surface area contributed by atoms with Gasteiger partial charge in [-0.25, -0.2) is 0 Å². The van der Waals surface area contributed by atoms with Crippen LogP contribution in [-0.2, 0) is 0 Å². The highest BCUT2D eigenvalue weighted by Crippen LogP contribution is 2.41. The monoisotopic (exact) mass is 247 g/mol. The highest BCUT2D eigenvalue weighted by molar-refractivity contribution is 5.80. The van der Waals surface area contributed by atoms with Crippen molar-refractivity contribution in [3.63, 3.8) is 0 Å². The molecule has 0 aromatic heterocycles. The molecule has 2 rings (SSSR count). The summed E-state index contributed by atoms with van der Waals surface area (Å²) < 4.78 is 5.44. The van der Waals surface area contributed by atoms with Gasteiger partial charge in [0.2, 0.25) is 0 Å². The van der Waals surface area contributed by atoms with Gasteiger partial charge in [-0.1, -0.05) is 12.1 Å². The number of benzene rings is 1. The first-order valence-corrected chi connectivity index (χ1v) is 6.42. The van der Waals surface area contributed by atoms with Gasteiger partial charge >= 0.3 is 0 Å². The van der Waals surface area contributed by atoms with Crippen molar-refractivity contribution in [3.8, 4) is 5.75 Å². The summed E-state index contributed by atoms with van der Waals surface area (Å²) in [6.45, 7) is 2.71. The Morgan fingerprint density at radius 1 is 1.39 bits per heavy atom. The van der Waals surface area contributed by atoms with E-state index in [0.29, 0.717) is 18.6 Å². The zero-order valence-electron chi connectivity index (χ0n) is 11.2. The van der Waals surface area contributed by atoms with E-state index in [1.165, 1.54) is 5.56 Å². The zero-order chi connectivity index (χ0) is 13.0. The second kappa shape index (κ2) is 5.76. The van der Waals surface area contributed by atoms with Crippen LogP contribution in [0.2, 0.25) is 0 Å². The van der Waals surface area contributed by atoms with Crippen molar-refractivity contribution in [1.29, 1.82) is 0 Å². The molecule has 18 heavy (non-hydrogen) atoms. The summed E-state index contributed by atoms with van der Waals surface area (Å²) in [5.74, 6) is 2.39. The Hall–Kier alpha value is -1.71. The Labute approximate surface area is 108 Å². The third kappa shape index (κ3) is 2.94. The first-order valence-electron chi connectivity index (χ1n) is 6.42. The van der Waals surface area contributed by atoms with E-state index in [2.05, 4.69) is 27.8 Å². The van der Waals surface area contributed by atoms with Gasteiger partial charge in [0.1, 0.15) is 5.75 Å². The molecule has 1 fully saturated rings. The van der Waals surface area contributed by atoms with E-state index in [0.717, 1.165) is 18.1 Å². The van der Waals surface area contributed by atoms with E-state index in [4.69, 9.17) is 4.74 Å². The lowest BCUT2D eigenvalue weighted by atomic mass is 10.1. The van der Waals surface area contributed by atoms with Gasteiger partial charge in [-0.2, -0.15) is 0 Å². The summed E-state index contributed by atoms with van der Waals surface area (Å²) in [4.78, 5) is 4.13. The fourth-order valence-electron chi connectivity index (χ4n) is 2.12. The highest BCUT2D eigenvalue weighted by Gasteiger charge is 2.38. The summed E-state index contributed by atoms with van der Waals surface area (Å²) in [7, 11) is 3.66. The molecule has 0 unspecified atom stereocenters. The van der Waals surface area contributed by atoms with Crippen LogP contribution in [0.15, 0.2) is 29.3 Å². The first-order chi connectivity index (χ1) is 8.78. The largest absolute Gasteiger partial charge is 0.494 e. The Bertz CT molecular complexity index is 414. The molecule has 0 heterocycles. The average Bonchev–Trinajstić information content (AvgIpc) is 3.16. The normalized spacial score (nSPS) is 22.5. The third-order valence-corrected chi connectivity index (χ3v) is 3.19. The maximum atomic E-state index is 5.44. The SMILES string of the molecule is CCOc1ccc([C@@H]2C[C@H]2NC(=NC)NC)cc1. The molecule has 1 aliphatic rings. The van der Waals surface area contributed by atoms with Crippen molar-refractivity contribution in [2.75, 3.05) is 20.7 Å². The maximum absolute atomic E-state index is 5.44. The molecule has 1 aliphatic carbocycles. The van der Waals surface area contributed by atoms with E-state index in [-0.39, 0.29) is 0 Å². The van der Waals surface area contributed by atoms with Crippen LogP contribution in [0, 0.1) is 0 Å². The summed E-state index contributed by atoms with van der Waals surface area (Å²) in [5, 5.41) is 6.43. The van der Waals surface area contributed by atoms with Gasteiger partial charge in [-0.15, -0.1) is 0 Å². The first kappa shape index (κ1) is 12.7. The number of hydrogen-bond acceptors (Lipinski definition) is 2. The smallest absolute Gasteiger partial charge is 0.190 e. The van der Waals surface area contributed by atoms with Gasteiger partial charge in [-0.3, -0.25) is 4.99 Å². The molecule has 4 heteroatoms. The number of nitrogens with zero attached hydrogens (tertiary/aromatic N) is 1. The van der Waals surface area contributed by atoms with Crippen LogP contribution in [0.25, 0.3) is 0 Å². The highest BCUT2D eigenvalue weighted by atomic mass is 16.5. The van der Waals surface area contributed by atoms with E-state index in [1.54, 1.807) is 7.05 Å². The van der Waals surface area contributed by atoms with Crippen molar-refractivity contribution < 1.29 is 4.74 Å². The second-order valence-electron chi connectivity index (χ2n) is 4.42. The summed E-state index contributed by atoms with van der Waals surface area (Å²) in [6.07, 6.45) is 1.16. The molecule has 2 N–H and O–H groups in total. The number of guanidine groups is 1. The number of ether oxygens (including phenoxy) is 1. The minimum Gasteiger partial charge on any atom is -0.494 e. The van der Waals surface area contributed by atoms with E-state index < -0.39 is 0 Å². The second-order valence-corrected chi connectivity index (χ2v) is 4.42. The topological polar surface area (TPSA) is 45.6 Å². The Balaban J connectivity index is 1.91. The van der Waals surface area contributed by atoms with Crippen LogP contribution in [0.5, 0.6) is 5.75 Å². The van der Waals surface area contributed by atoms with Gasteiger partial charge in [0, 0.05) is 26.1 Å². The van der Waals surface area contributed by atoms with Crippen LogP contribution >= 0.6 is 0 Å². The van der Waals surface area contributed by atoms with Gasteiger partial charge in [0.15, 0.2) is 5.96 Å². The van der Waals surface area contributed by atoms with Gasteiger partial charge in [0.25, 0.3) is 0 Å². The molecule has 0 spiro atoms. The lowest BCUT2D eigenvalue weighted by Crippen LogP contribution is -2.36. The van der Waals surface area contributed by atoms with Crippen LogP contribution < -0.4 is 15.4 Å². The fraction of sp³-hybridized carbons (Fsp3) is 0.500. The molecule has 0 aliphatic heterocycles. The van der Waals surface area contributed by atoms with Crippen LogP contribution in [0.4, 0.5) is 0 Å². The predicted octanol–water partition coefficient (Wildman–Crippen LogP) is 1.74. The molecule has 1 aromatic carbocycles. The molecule has 1 aromatic rings. The lowest BCUT2D eigenvalue weighted by Gasteiger charge is -2.08. The third-order valence-electron chi connectivity index (χ3n) is 3.19. The molecule has 2 atom stereocenters. The predicted molar refractivity (Wildman–Crippen MR) is 74.3 cm³/mol. The van der Waals surface area contributed by atoms with Gasteiger partial charge < -0.3 is 15.4 Å². The molecule has 1 saturated carbocycles. The Morgan fingerprint density at radius 3 is 2.67 bits per heavy atom. The number of rotatable bonds is 4. The average molecular weight is 247 g/mol. The number of nitrogens with one attached hydrogen (secondary N) is 2. The van der Waals surface area contributed by atoms with Crippen LogP contribution in [0.1, 0.15) is 24.8 Å². The minimum absolute atomic E-state index is 0.495. The standard InChI is InChI=1S/C14H21N3O/c1-4-18-11-7-5-10(6-8-11)12-9-13(12)17-14(15-2)16-3/h5-8,12-13H,4,9H2,1-3H3,(H2,15,16,17)/t12-,13+/m0/s1. The summed E-state index contributed by atoms with van der Waals surface area (Å²) >= 11 is 0. The summed E-state index contributed by atoms with van der Waals surface area (Å²) in [6, 6.07) is 8.88. The van der Waals surface area contributed by atoms with E-state index in [9.17, 15) is 0 Å². The van der Waals surface area contributed by atoms with Crippen molar-refractivity contribution in [3.05, 3.63) is 29.8 Å². The van der Waals surface area contributed by atoms with Crippen molar-refractivity contribution in [1.82, 2.24) is 10.6 Å². The molecule has 0 saturated heterocycles. The quantitative estimate of drug-likeness (QED) is 0.629. The van der Waals surface area contributed by atoms with Crippen molar-refractivity contribution in [2.24, 2.45) is 4.99 Å². The Morgan fingerprint density at radius 2 is 2.11 bits per heavy atom. The van der Waals surface area contributed by atoms with Gasteiger partial charge in [0.05, 0.1) is 6.61 Å². The molecule has 4 nitrogen and oxygen atoms in total. The molecular formula is C14H21N3O. The van der Waals surface area contributed by atoms with E-state index >= 15 is 0 Å². The number of aliphatic imine (C=N–C) groups is 1. The Kier molecular flexibility index (Phi) is 4.07. The fourth-order valence-corrected chi connectivity index (χ4v) is 2.12. The lowest BCUT2D eigenvalue weighted by molar-refractivity contribution is 0.340. The number of hydrogen-bond donors (Lipinski definition) is 2. The van der Waals surface area contributed by atoms with Crippen molar-refractivity contribution in [2.45, 2.75) is 25.3 Å². The van der Waals surface area contributed by atoms with Crippen LogP contribution in [-0.4, -0.2) is 32.7 Å².